The van der Waals surface area contributed by atoms with Crippen molar-refractivity contribution in [3.63, 3.8) is 0 Å². The molecule has 6 nitrogen and oxygen atoms in total. The van der Waals surface area contributed by atoms with Crippen molar-refractivity contribution in [2.45, 2.75) is 64.5 Å². The summed E-state index contributed by atoms with van der Waals surface area (Å²) in [6.07, 6.45) is 7.38. The Kier molecular flexibility index (Phi) is 5.25. The number of hydrogen-bond acceptors (Lipinski definition) is 5. The fraction of sp³-hybridized carbons (Fsp3) is 0.632. The van der Waals surface area contributed by atoms with Crippen LogP contribution in [0.4, 0.5) is 17.1 Å². The molecule has 2 saturated heterocycles. The number of carbonyl (C=O) groups is 1. The van der Waals surface area contributed by atoms with Crippen LogP contribution < -0.4 is 9.80 Å². The Hall–Kier alpha value is -2.11. The molecular formula is C19H27N3O3. The summed E-state index contributed by atoms with van der Waals surface area (Å²) in [6.45, 7) is 6.02. The lowest BCUT2D eigenvalue weighted by Crippen LogP contribution is -2.40. The highest BCUT2D eigenvalue weighted by molar-refractivity contribution is 5.90. The maximum absolute atomic E-state index is 11.6. The van der Waals surface area contributed by atoms with E-state index in [-0.39, 0.29) is 16.7 Å². The molecule has 0 amide bonds. The lowest BCUT2D eigenvalue weighted by Gasteiger charge is -2.38. The van der Waals surface area contributed by atoms with Crippen molar-refractivity contribution < 1.29 is 9.72 Å². The molecule has 6 heteroatoms. The second kappa shape index (κ2) is 7.42. The molecular weight excluding hydrogens is 318 g/mol. The molecule has 2 heterocycles. The molecule has 2 atom stereocenters. The second-order valence-electron chi connectivity index (χ2n) is 7.35. The molecule has 0 aromatic heterocycles. The minimum atomic E-state index is -0.354. The minimum Gasteiger partial charge on any atom is -0.368 e. The summed E-state index contributed by atoms with van der Waals surface area (Å²) >= 11 is 0. The van der Waals surface area contributed by atoms with E-state index in [1.54, 1.807) is 0 Å². The molecule has 2 aliphatic rings. The van der Waals surface area contributed by atoms with Crippen LogP contribution in [0.5, 0.6) is 0 Å². The minimum absolute atomic E-state index is 0.0456. The van der Waals surface area contributed by atoms with Crippen LogP contribution in [0.25, 0.3) is 0 Å². The number of anilines is 2. The first-order chi connectivity index (χ1) is 12.0. The predicted molar refractivity (Wildman–Crippen MR) is 99.8 cm³/mol. The van der Waals surface area contributed by atoms with E-state index in [4.69, 9.17) is 0 Å². The van der Waals surface area contributed by atoms with Crippen LogP contribution in [0.1, 0.15) is 62.7 Å². The predicted octanol–water partition coefficient (Wildman–Crippen LogP) is 4.16. The zero-order valence-corrected chi connectivity index (χ0v) is 15.1. The van der Waals surface area contributed by atoms with Crippen LogP contribution >= 0.6 is 0 Å². The number of nitrogens with zero attached hydrogens (tertiary/aromatic N) is 3. The fourth-order valence-corrected chi connectivity index (χ4v) is 4.21. The van der Waals surface area contributed by atoms with Gasteiger partial charge in [-0.15, -0.1) is 0 Å². The standard InChI is InChI=1S/C19H27N3O3/c1-14-7-3-5-9-20(14)17-12-18(21-10-6-4-8-15(21)2)19(22(24)25)11-16(17)13-23/h11-15H,3-10H2,1-2H3/t14-,15-/m1/s1. The van der Waals surface area contributed by atoms with Gasteiger partial charge in [-0.1, -0.05) is 0 Å². The van der Waals surface area contributed by atoms with Gasteiger partial charge in [-0.2, -0.15) is 0 Å². The van der Waals surface area contributed by atoms with Crippen molar-refractivity contribution in [1.82, 2.24) is 0 Å². The maximum atomic E-state index is 11.6. The Bertz CT molecular complexity index is 662. The van der Waals surface area contributed by atoms with E-state index in [1.807, 2.05) is 6.07 Å². The average Bonchev–Trinajstić information content (AvgIpc) is 2.61. The Morgan fingerprint density at radius 1 is 1.00 bits per heavy atom. The van der Waals surface area contributed by atoms with E-state index >= 15 is 0 Å². The van der Waals surface area contributed by atoms with E-state index < -0.39 is 0 Å². The molecule has 2 fully saturated rings. The Balaban J connectivity index is 2.10. The number of hydrogen-bond donors (Lipinski definition) is 0. The summed E-state index contributed by atoms with van der Waals surface area (Å²) in [6, 6.07) is 3.99. The van der Waals surface area contributed by atoms with Gasteiger partial charge < -0.3 is 9.80 Å². The Morgan fingerprint density at radius 2 is 1.56 bits per heavy atom. The molecule has 0 radical (unpaired) electrons. The van der Waals surface area contributed by atoms with Crippen molar-refractivity contribution in [2.75, 3.05) is 22.9 Å². The molecule has 0 aliphatic carbocycles. The third-order valence-electron chi connectivity index (χ3n) is 5.67. The van der Waals surface area contributed by atoms with Crippen molar-refractivity contribution >= 4 is 23.3 Å². The van der Waals surface area contributed by atoms with Gasteiger partial charge in [0.2, 0.25) is 0 Å². The van der Waals surface area contributed by atoms with Crippen LogP contribution in [-0.4, -0.2) is 36.4 Å². The molecule has 0 spiro atoms. The first-order valence-electron chi connectivity index (χ1n) is 9.34. The van der Waals surface area contributed by atoms with E-state index in [0.717, 1.165) is 57.2 Å². The molecule has 136 valence electrons. The Labute approximate surface area is 148 Å². The third kappa shape index (κ3) is 3.48. The van der Waals surface area contributed by atoms with E-state index in [1.165, 1.54) is 12.5 Å². The van der Waals surface area contributed by atoms with Gasteiger partial charge in [0.15, 0.2) is 6.29 Å². The van der Waals surface area contributed by atoms with E-state index in [0.29, 0.717) is 17.3 Å². The monoisotopic (exact) mass is 345 g/mol. The van der Waals surface area contributed by atoms with Crippen LogP contribution in [0, 0.1) is 10.1 Å². The van der Waals surface area contributed by atoms with Gasteiger partial charge in [0, 0.05) is 36.8 Å². The largest absolute Gasteiger partial charge is 0.368 e. The summed E-state index contributed by atoms with van der Waals surface area (Å²) in [5.41, 5.74) is 1.98. The number of nitro groups is 1. The molecule has 0 N–H and O–H groups in total. The summed E-state index contributed by atoms with van der Waals surface area (Å²) in [4.78, 5) is 27.3. The smallest absolute Gasteiger partial charge is 0.293 e. The summed E-state index contributed by atoms with van der Waals surface area (Å²) in [5.74, 6) is 0. The fourth-order valence-electron chi connectivity index (χ4n) is 4.21. The lowest BCUT2D eigenvalue weighted by atomic mass is 9.98. The molecule has 0 saturated carbocycles. The number of benzene rings is 1. The van der Waals surface area contributed by atoms with Crippen LogP contribution in [0.3, 0.4) is 0 Å². The molecule has 3 rings (SSSR count). The van der Waals surface area contributed by atoms with Gasteiger partial charge in [0.05, 0.1) is 10.6 Å². The van der Waals surface area contributed by atoms with Crippen molar-refractivity contribution in [3.8, 4) is 0 Å². The number of rotatable bonds is 4. The average molecular weight is 345 g/mol. The highest BCUT2D eigenvalue weighted by atomic mass is 16.6. The van der Waals surface area contributed by atoms with Crippen molar-refractivity contribution in [3.05, 3.63) is 27.8 Å². The van der Waals surface area contributed by atoms with E-state index in [2.05, 4.69) is 23.6 Å². The van der Waals surface area contributed by atoms with Crippen LogP contribution in [-0.2, 0) is 0 Å². The number of carbonyl (C=O) groups excluding carboxylic acids is 1. The molecule has 0 unspecified atom stereocenters. The lowest BCUT2D eigenvalue weighted by molar-refractivity contribution is -0.384. The van der Waals surface area contributed by atoms with Gasteiger partial charge in [-0.3, -0.25) is 14.9 Å². The van der Waals surface area contributed by atoms with Gasteiger partial charge in [-0.05, 0) is 58.4 Å². The maximum Gasteiger partial charge on any atom is 0.293 e. The zero-order chi connectivity index (χ0) is 18.0. The summed E-state index contributed by atoms with van der Waals surface area (Å²) in [5, 5.41) is 11.6. The molecule has 1 aromatic rings. The third-order valence-corrected chi connectivity index (χ3v) is 5.67. The zero-order valence-electron chi connectivity index (χ0n) is 15.1. The quantitative estimate of drug-likeness (QED) is 0.465. The van der Waals surface area contributed by atoms with E-state index in [9.17, 15) is 14.9 Å². The normalized spacial score (nSPS) is 24.2. The SMILES string of the molecule is C[C@@H]1CCCCN1c1cc(N2CCCC[C@H]2C)c([N+](=O)[O-])cc1C=O. The van der Waals surface area contributed by atoms with Crippen molar-refractivity contribution in [2.24, 2.45) is 0 Å². The number of aldehydes is 1. The van der Waals surface area contributed by atoms with Crippen LogP contribution in [0.2, 0.25) is 0 Å². The molecule has 2 aliphatic heterocycles. The first-order valence-corrected chi connectivity index (χ1v) is 9.34. The topological polar surface area (TPSA) is 66.7 Å². The summed E-state index contributed by atoms with van der Waals surface area (Å²) < 4.78 is 0. The number of nitro benzene ring substituents is 1. The van der Waals surface area contributed by atoms with Gasteiger partial charge in [-0.25, -0.2) is 0 Å². The summed E-state index contributed by atoms with van der Waals surface area (Å²) in [7, 11) is 0. The highest BCUT2D eigenvalue weighted by Gasteiger charge is 2.30. The second-order valence-corrected chi connectivity index (χ2v) is 7.35. The van der Waals surface area contributed by atoms with Gasteiger partial charge in [0.25, 0.3) is 5.69 Å². The van der Waals surface area contributed by atoms with Crippen LogP contribution in [0.15, 0.2) is 12.1 Å². The van der Waals surface area contributed by atoms with Gasteiger partial charge in [0.1, 0.15) is 5.69 Å². The Morgan fingerprint density at radius 3 is 2.04 bits per heavy atom. The van der Waals surface area contributed by atoms with Crippen molar-refractivity contribution in [1.29, 1.82) is 0 Å². The highest BCUT2D eigenvalue weighted by Crippen LogP contribution is 2.39. The first kappa shape index (κ1) is 17.7. The molecule has 1 aromatic carbocycles. The number of piperidine rings is 2. The molecule has 25 heavy (non-hydrogen) atoms. The van der Waals surface area contributed by atoms with Gasteiger partial charge >= 0.3 is 0 Å². The molecule has 0 bridgehead atoms.